The number of rotatable bonds is 9. The summed E-state index contributed by atoms with van der Waals surface area (Å²) in [5, 5.41) is 3.08. The van der Waals surface area contributed by atoms with E-state index in [1.54, 1.807) is 18.2 Å². The van der Waals surface area contributed by atoms with Gasteiger partial charge in [-0.3, -0.25) is 4.79 Å². The van der Waals surface area contributed by atoms with Crippen molar-refractivity contribution in [1.82, 2.24) is 10.0 Å². The van der Waals surface area contributed by atoms with Crippen LogP contribution in [0, 0.1) is 0 Å². The SMILES string of the molecule is COc1ccc(C(=O)NCCS(=O)(=O)NCCBr)c(OC)c1. The van der Waals surface area contributed by atoms with Crippen molar-refractivity contribution in [1.29, 1.82) is 0 Å². The van der Waals surface area contributed by atoms with Crippen molar-refractivity contribution in [2.24, 2.45) is 0 Å². The van der Waals surface area contributed by atoms with Crippen molar-refractivity contribution in [3.63, 3.8) is 0 Å². The highest BCUT2D eigenvalue weighted by Crippen LogP contribution is 2.24. The van der Waals surface area contributed by atoms with E-state index in [4.69, 9.17) is 9.47 Å². The number of hydrogen-bond donors (Lipinski definition) is 2. The number of benzene rings is 1. The highest BCUT2D eigenvalue weighted by molar-refractivity contribution is 9.09. The molecular formula is C13H19BrN2O5S. The van der Waals surface area contributed by atoms with E-state index in [2.05, 4.69) is 26.0 Å². The summed E-state index contributed by atoms with van der Waals surface area (Å²) in [7, 11) is -0.436. The summed E-state index contributed by atoms with van der Waals surface area (Å²) in [6, 6.07) is 4.78. The molecule has 0 aromatic heterocycles. The average molecular weight is 395 g/mol. The molecule has 7 nitrogen and oxygen atoms in total. The Hall–Kier alpha value is -1.32. The quantitative estimate of drug-likeness (QED) is 0.602. The lowest BCUT2D eigenvalue weighted by atomic mass is 10.2. The smallest absolute Gasteiger partial charge is 0.255 e. The molecule has 1 amide bonds. The van der Waals surface area contributed by atoms with E-state index in [-0.39, 0.29) is 12.3 Å². The van der Waals surface area contributed by atoms with Gasteiger partial charge in [0.05, 0.1) is 25.5 Å². The maximum atomic E-state index is 12.1. The summed E-state index contributed by atoms with van der Waals surface area (Å²) in [5.41, 5.74) is 0.314. The van der Waals surface area contributed by atoms with Gasteiger partial charge in [0.2, 0.25) is 10.0 Å². The fraction of sp³-hybridized carbons (Fsp3) is 0.462. The fourth-order valence-corrected chi connectivity index (χ4v) is 3.04. The lowest BCUT2D eigenvalue weighted by molar-refractivity contribution is 0.0953. The van der Waals surface area contributed by atoms with E-state index < -0.39 is 15.9 Å². The van der Waals surface area contributed by atoms with Gasteiger partial charge in [-0.15, -0.1) is 0 Å². The molecule has 0 fully saturated rings. The van der Waals surface area contributed by atoms with Crippen LogP contribution in [0.5, 0.6) is 11.5 Å². The molecule has 0 aliphatic carbocycles. The lowest BCUT2D eigenvalue weighted by Crippen LogP contribution is -2.35. The maximum absolute atomic E-state index is 12.1. The zero-order valence-electron chi connectivity index (χ0n) is 12.4. The van der Waals surface area contributed by atoms with Crippen molar-refractivity contribution >= 4 is 31.9 Å². The van der Waals surface area contributed by atoms with Crippen molar-refractivity contribution in [3.05, 3.63) is 23.8 Å². The standard InChI is InChI=1S/C13H19BrN2O5S/c1-20-10-3-4-11(12(9-10)21-2)13(17)15-7-8-22(18,19)16-6-5-14/h3-4,9,16H,5-8H2,1-2H3,(H,15,17). The number of amides is 1. The van der Waals surface area contributed by atoms with Gasteiger partial charge in [-0.25, -0.2) is 13.1 Å². The molecule has 1 aromatic rings. The van der Waals surface area contributed by atoms with E-state index in [0.717, 1.165) is 0 Å². The van der Waals surface area contributed by atoms with Crippen LogP contribution in [0.3, 0.4) is 0 Å². The number of sulfonamides is 1. The fourth-order valence-electron chi connectivity index (χ4n) is 1.65. The van der Waals surface area contributed by atoms with Crippen LogP contribution in [0.15, 0.2) is 18.2 Å². The van der Waals surface area contributed by atoms with Gasteiger partial charge < -0.3 is 14.8 Å². The zero-order valence-corrected chi connectivity index (χ0v) is 14.8. The molecule has 0 bridgehead atoms. The van der Waals surface area contributed by atoms with Gasteiger partial charge in [0.15, 0.2) is 0 Å². The van der Waals surface area contributed by atoms with E-state index in [1.807, 2.05) is 0 Å². The first kappa shape index (κ1) is 18.7. The third kappa shape index (κ3) is 5.82. The third-order valence-electron chi connectivity index (χ3n) is 2.73. The van der Waals surface area contributed by atoms with Crippen LogP contribution < -0.4 is 19.5 Å². The predicted molar refractivity (Wildman–Crippen MR) is 87.5 cm³/mol. The van der Waals surface area contributed by atoms with E-state index in [1.165, 1.54) is 14.2 Å². The first-order valence-electron chi connectivity index (χ1n) is 6.47. The van der Waals surface area contributed by atoms with Crippen LogP contribution in [0.1, 0.15) is 10.4 Å². The van der Waals surface area contributed by atoms with Crippen molar-refractivity contribution in [2.75, 3.05) is 38.4 Å². The van der Waals surface area contributed by atoms with Crippen molar-refractivity contribution < 1.29 is 22.7 Å². The Bertz CT molecular complexity index is 606. The second-order valence-electron chi connectivity index (χ2n) is 4.22. The van der Waals surface area contributed by atoms with Crippen LogP contribution in [-0.4, -0.2) is 52.7 Å². The molecule has 0 saturated heterocycles. The molecular weight excluding hydrogens is 376 g/mol. The number of carbonyl (C=O) groups excluding carboxylic acids is 1. The summed E-state index contributed by atoms with van der Waals surface area (Å²) >= 11 is 3.13. The van der Waals surface area contributed by atoms with E-state index in [9.17, 15) is 13.2 Å². The Morgan fingerprint density at radius 1 is 1.23 bits per heavy atom. The molecule has 0 aliphatic rings. The molecule has 1 aromatic carbocycles. The maximum Gasteiger partial charge on any atom is 0.255 e. The van der Waals surface area contributed by atoms with Crippen molar-refractivity contribution in [3.8, 4) is 11.5 Å². The zero-order chi connectivity index (χ0) is 16.6. The lowest BCUT2D eigenvalue weighted by Gasteiger charge is -2.11. The molecule has 0 spiro atoms. The Morgan fingerprint density at radius 3 is 2.55 bits per heavy atom. The van der Waals surface area contributed by atoms with Gasteiger partial charge in [0, 0.05) is 24.5 Å². The molecule has 0 radical (unpaired) electrons. The molecule has 0 atom stereocenters. The molecule has 0 aliphatic heterocycles. The minimum absolute atomic E-state index is 0.00559. The summed E-state index contributed by atoms with van der Waals surface area (Å²) in [6.45, 7) is 0.314. The van der Waals surface area contributed by atoms with E-state index in [0.29, 0.717) is 28.9 Å². The predicted octanol–water partition coefficient (Wildman–Crippen LogP) is 0.748. The molecule has 124 valence electrons. The first-order valence-corrected chi connectivity index (χ1v) is 9.24. The molecule has 0 heterocycles. The Kier molecular flexibility index (Phi) is 7.63. The van der Waals surface area contributed by atoms with E-state index >= 15 is 0 Å². The molecule has 22 heavy (non-hydrogen) atoms. The molecule has 9 heteroatoms. The van der Waals surface area contributed by atoms with Crippen LogP contribution >= 0.6 is 15.9 Å². The summed E-state index contributed by atoms with van der Waals surface area (Å²) in [4.78, 5) is 12.1. The topological polar surface area (TPSA) is 93.7 Å². The summed E-state index contributed by atoms with van der Waals surface area (Å²) in [5.74, 6) is 0.326. The van der Waals surface area contributed by atoms with Gasteiger partial charge in [-0.05, 0) is 12.1 Å². The van der Waals surface area contributed by atoms with Gasteiger partial charge >= 0.3 is 0 Å². The Balaban J connectivity index is 2.63. The number of alkyl halides is 1. The Morgan fingerprint density at radius 2 is 1.95 bits per heavy atom. The molecule has 0 unspecified atom stereocenters. The average Bonchev–Trinajstić information content (AvgIpc) is 2.51. The molecule has 1 rings (SSSR count). The number of nitrogens with one attached hydrogen (secondary N) is 2. The highest BCUT2D eigenvalue weighted by atomic mass is 79.9. The van der Waals surface area contributed by atoms with Crippen molar-refractivity contribution in [2.45, 2.75) is 0 Å². The number of ether oxygens (including phenoxy) is 2. The van der Waals surface area contributed by atoms with Gasteiger partial charge in [0.1, 0.15) is 11.5 Å². The summed E-state index contributed by atoms with van der Waals surface area (Å²) in [6.07, 6.45) is 0. The van der Waals surface area contributed by atoms with Crippen LogP contribution in [0.2, 0.25) is 0 Å². The number of halogens is 1. The monoisotopic (exact) mass is 394 g/mol. The second kappa shape index (κ2) is 8.96. The van der Waals surface area contributed by atoms with Crippen LogP contribution in [0.4, 0.5) is 0 Å². The molecule has 0 saturated carbocycles. The second-order valence-corrected chi connectivity index (χ2v) is 6.94. The van der Waals surface area contributed by atoms with Crippen LogP contribution in [0.25, 0.3) is 0 Å². The van der Waals surface area contributed by atoms with Crippen LogP contribution in [-0.2, 0) is 10.0 Å². The minimum Gasteiger partial charge on any atom is -0.497 e. The van der Waals surface area contributed by atoms with Gasteiger partial charge in [0.25, 0.3) is 5.91 Å². The number of methoxy groups -OCH3 is 2. The highest BCUT2D eigenvalue weighted by Gasteiger charge is 2.15. The Labute approximate surface area is 138 Å². The summed E-state index contributed by atoms with van der Waals surface area (Å²) < 4.78 is 35.8. The largest absolute Gasteiger partial charge is 0.497 e. The molecule has 2 N–H and O–H groups in total. The normalized spacial score (nSPS) is 11.0. The van der Waals surface area contributed by atoms with Gasteiger partial charge in [-0.2, -0.15) is 0 Å². The third-order valence-corrected chi connectivity index (χ3v) is 4.51. The van der Waals surface area contributed by atoms with Gasteiger partial charge in [-0.1, -0.05) is 15.9 Å². The minimum atomic E-state index is -3.39. The number of hydrogen-bond acceptors (Lipinski definition) is 5. The first-order chi connectivity index (χ1) is 10.4. The number of carbonyl (C=O) groups is 1.